The van der Waals surface area contributed by atoms with Crippen LogP contribution in [0.5, 0.6) is 5.75 Å². The number of ether oxygens (including phenoxy) is 1. The zero-order valence-electron chi connectivity index (χ0n) is 11.1. The Hall–Kier alpha value is -2.96. The minimum atomic E-state index is -1.14. The number of carboxylic acids is 1. The molecule has 0 bridgehead atoms. The molecule has 0 aliphatic carbocycles. The van der Waals surface area contributed by atoms with Gasteiger partial charge in [-0.05, 0) is 24.6 Å². The zero-order chi connectivity index (χ0) is 15.4. The van der Waals surface area contributed by atoms with E-state index in [1.807, 2.05) is 0 Å². The molecule has 0 atom stereocenters. The van der Waals surface area contributed by atoms with E-state index in [-0.39, 0.29) is 23.7 Å². The number of carbonyl (C=O) groups is 1. The molecule has 0 radical (unpaired) electrons. The van der Waals surface area contributed by atoms with Gasteiger partial charge in [0, 0.05) is 6.07 Å². The third kappa shape index (κ3) is 3.33. The molecule has 108 valence electrons. The smallest absolute Gasteiger partial charge is 0.354 e. The summed E-state index contributed by atoms with van der Waals surface area (Å²) in [6.07, 6.45) is 0. The Kier molecular flexibility index (Phi) is 4.13. The third-order valence-electron chi connectivity index (χ3n) is 2.78. The number of aromatic carboxylic acids is 1. The van der Waals surface area contributed by atoms with Crippen LogP contribution >= 0.6 is 0 Å². The molecule has 0 unspecified atom stereocenters. The zero-order valence-corrected chi connectivity index (χ0v) is 11.1. The Bertz CT molecular complexity index is 700. The minimum absolute atomic E-state index is 0.0488. The molecule has 2 aromatic rings. The molecule has 7 heteroatoms. The Labute approximate surface area is 120 Å². The van der Waals surface area contributed by atoms with Gasteiger partial charge in [-0.15, -0.1) is 0 Å². The van der Waals surface area contributed by atoms with Gasteiger partial charge >= 0.3 is 11.7 Å². The topological polar surface area (TPSA) is 103 Å². The number of aryl methyl sites for hydroxylation is 1. The lowest BCUT2D eigenvalue weighted by molar-refractivity contribution is -0.386. The van der Waals surface area contributed by atoms with E-state index in [9.17, 15) is 14.9 Å². The van der Waals surface area contributed by atoms with Gasteiger partial charge in [0.15, 0.2) is 5.75 Å². The van der Waals surface area contributed by atoms with Crippen LogP contribution in [0.4, 0.5) is 5.69 Å². The van der Waals surface area contributed by atoms with Crippen LogP contribution < -0.4 is 4.74 Å². The maximum atomic E-state index is 11.0. The molecule has 1 aromatic carbocycles. The van der Waals surface area contributed by atoms with Crippen molar-refractivity contribution in [2.45, 2.75) is 13.5 Å². The van der Waals surface area contributed by atoms with Crippen LogP contribution in [-0.2, 0) is 6.61 Å². The fourth-order valence-corrected chi connectivity index (χ4v) is 1.79. The van der Waals surface area contributed by atoms with Gasteiger partial charge < -0.3 is 9.84 Å². The number of pyridine rings is 1. The highest BCUT2D eigenvalue weighted by Crippen LogP contribution is 2.30. The molecule has 0 aliphatic rings. The summed E-state index contributed by atoms with van der Waals surface area (Å²) >= 11 is 0. The first-order valence-corrected chi connectivity index (χ1v) is 6.05. The monoisotopic (exact) mass is 288 g/mol. The first-order chi connectivity index (χ1) is 9.99. The van der Waals surface area contributed by atoms with Gasteiger partial charge in [0.25, 0.3) is 0 Å². The quantitative estimate of drug-likeness (QED) is 0.670. The standard InChI is InChI=1S/C14H12N2O5/c1-9-4-2-7-12(16(19)20)13(9)21-8-10-5-3-6-11(15-10)14(17)18/h2-7H,8H2,1H3,(H,17,18). The van der Waals surface area contributed by atoms with Crippen LogP contribution in [0.3, 0.4) is 0 Å². The van der Waals surface area contributed by atoms with Gasteiger partial charge in [0.05, 0.1) is 10.6 Å². The molecule has 21 heavy (non-hydrogen) atoms. The Balaban J connectivity index is 2.22. The molecular formula is C14H12N2O5. The van der Waals surface area contributed by atoms with Gasteiger partial charge in [0.2, 0.25) is 0 Å². The number of rotatable bonds is 5. The molecule has 2 rings (SSSR count). The summed E-state index contributed by atoms with van der Waals surface area (Å²) in [7, 11) is 0. The van der Waals surface area contributed by atoms with Crippen LogP contribution in [0, 0.1) is 17.0 Å². The number of hydrogen-bond donors (Lipinski definition) is 1. The number of carboxylic acid groups (broad SMARTS) is 1. The number of nitro groups is 1. The van der Waals surface area contributed by atoms with Gasteiger partial charge in [-0.1, -0.05) is 18.2 Å². The minimum Gasteiger partial charge on any atom is -0.480 e. The molecule has 0 saturated heterocycles. The average Bonchev–Trinajstić information content (AvgIpc) is 2.46. The van der Waals surface area contributed by atoms with Crippen molar-refractivity contribution in [3.8, 4) is 5.75 Å². The fourth-order valence-electron chi connectivity index (χ4n) is 1.79. The molecule has 0 amide bonds. The lowest BCUT2D eigenvalue weighted by Crippen LogP contribution is -2.06. The van der Waals surface area contributed by atoms with Crippen molar-refractivity contribution in [1.29, 1.82) is 0 Å². The van der Waals surface area contributed by atoms with Crippen molar-refractivity contribution >= 4 is 11.7 Å². The van der Waals surface area contributed by atoms with Crippen molar-refractivity contribution in [1.82, 2.24) is 4.98 Å². The summed E-state index contributed by atoms with van der Waals surface area (Å²) in [6.45, 7) is 1.65. The molecular weight excluding hydrogens is 276 g/mol. The SMILES string of the molecule is Cc1cccc([N+](=O)[O-])c1OCc1cccc(C(=O)O)n1. The van der Waals surface area contributed by atoms with Crippen LogP contribution in [0.25, 0.3) is 0 Å². The van der Waals surface area contributed by atoms with Crippen molar-refractivity contribution in [3.05, 3.63) is 63.5 Å². The van der Waals surface area contributed by atoms with Crippen molar-refractivity contribution < 1.29 is 19.6 Å². The first-order valence-electron chi connectivity index (χ1n) is 6.05. The van der Waals surface area contributed by atoms with E-state index in [0.717, 1.165) is 0 Å². The third-order valence-corrected chi connectivity index (χ3v) is 2.78. The van der Waals surface area contributed by atoms with E-state index in [2.05, 4.69) is 4.98 Å². The summed E-state index contributed by atoms with van der Waals surface area (Å²) in [5, 5.41) is 19.8. The number of hydrogen-bond acceptors (Lipinski definition) is 5. The van der Waals surface area contributed by atoms with E-state index in [1.54, 1.807) is 31.2 Å². The van der Waals surface area contributed by atoms with Gasteiger partial charge in [0.1, 0.15) is 12.3 Å². The lowest BCUT2D eigenvalue weighted by atomic mass is 10.2. The van der Waals surface area contributed by atoms with Gasteiger partial charge in [-0.25, -0.2) is 9.78 Å². The molecule has 1 aromatic heterocycles. The highest BCUT2D eigenvalue weighted by atomic mass is 16.6. The molecule has 0 spiro atoms. The molecule has 1 heterocycles. The predicted molar refractivity (Wildman–Crippen MR) is 73.4 cm³/mol. The fraction of sp³-hybridized carbons (Fsp3) is 0.143. The van der Waals surface area contributed by atoms with E-state index < -0.39 is 10.9 Å². The second-order valence-electron chi connectivity index (χ2n) is 4.29. The highest BCUT2D eigenvalue weighted by Gasteiger charge is 2.17. The van der Waals surface area contributed by atoms with E-state index in [1.165, 1.54) is 12.1 Å². The van der Waals surface area contributed by atoms with Gasteiger partial charge in [-0.3, -0.25) is 10.1 Å². The first kappa shape index (κ1) is 14.4. The number of nitrogens with zero attached hydrogens (tertiary/aromatic N) is 2. The Morgan fingerprint density at radius 1 is 1.33 bits per heavy atom. The molecule has 0 fully saturated rings. The molecule has 0 saturated carbocycles. The number of para-hydroxylation sites is 1. The lowest BCUT2D eigenvalue weighted by Gasteiger charge is -2.09. The normalized spacial score (nSPS) is 10.1. The predicted octanol–water partition coefficient (Wildman–Crippen LogP) is 2.58. The summed E-state index contributed by atoms with van der Waals surface area (Å²) in [5.74, 6) is -0.983. The molecule has 7 nitrogen and oxygen atoms in total. The van der Waals surface area contributed by atoms with E-state index in [4.69, 9.17) is 9.84 Å². The molecule has 0 aliphatic heterocycles. The average molecular weight is 288 g/mol. The maximum absolute atomic E-state index is 11.0. The summed E-state index contributed by atoms with van der Waals surface area (Å²) < 4.78 is 5.45. The summed E-state index contributed by atoms with van der Waals surface area (Å²) in [5.41, 5.74) is 0.769. The maximum Gasteiger partial charge on any atom is 0.354 e. The molecule has 1 N–H and O–H groups in total. The van der Waals surface area contributed by atoms with E-state index in [0.29, 0.717) is 11.3 Å². The highest BCUT2D eigenvalue weighted by molar-refractivity contribution is 5.85. The van der Waals surface area contributed by atoms with Crippen LogP contribution in [-0.4, -0.2) is 21.0 Å². The second-order valence-corrected chi connectivity index (χ2v) is 4.29. The number of aromatic nitrogens is 1. The summed E-state index contributed by atoms with van der Waals surface area (Å²) in [4.78, 5) is 25.2. The number of benzene rings is 1. The van der Waals surface area contributed by atoms with Gasteiger partial charge in [-0.2, -0.15) is 0 Å². The van der Waals surface area contributed by atoms with Crippen LogP contribution in [0.15, 0.2) is 36.4 Å². The van der Waals surface area contributed by atoms with Crippen molar-refractivity contribution in [2.75, 3.05) is 0 Å². The summed E-state index contributed by atoms with van der Waals surface area (Å²) in [6, 6.07) is 9.12. The number of nitro benzene ring substituents is 1. The second kappa shape index (κ2) is 6.00. The van der Waals surface area contributed by atoms with Crippen LogP contribution in [0.2, 0.25) is 0 Å². The van der Waals surface area contributed by atoms with Crippen LogP contribution in [0.1, 0.15) is 21.7 Å². The largest absolute Gasteiger partial charge is 0.480 e. The Morgan fingerprint density at radius 2 is 2.05 bits per heavy atom. The van der Waals surface area contributed by atoms with Crippen molar-refractivity contribution in [2.24, 2.45) is 0 Å². The Morgan fingerprint density at radius 3 is 2.71 bits per heavy atom. The van der Waals surface area contributed by atoms with E-state index >= 15 is 0 Å². The van der Waals surface area contributed by atoms with Crippen molar-refractivity contribution in [3.63, 3.8) is 0 Å².